The van der Waals surface area contributed by atoms with E-state index in [-0.39, 0.29) is 11.5 Å². The van der Waals surface area contributed by atoms with Crippen LogP contribution in [0.4, 0.5) is 9.59 Å². The highest BCUT2D eigenvalue weighted by molar-refractivity contribution is 6.61. The molecule has 2 rings (SSSR count). The van der Waals surface area contributed by atoms with E-state index in [2.05, 4.69) is 0 Å². The van der Waals surface area contributed by atoms with Crippen LogP contribution >= 0.6 is 23.2 Å². The molecule has 0 atom stereocenters. The summed E-state index contributed by atoms with van der Waals surface area (Å²) in [4.78, 5) is 33.7. The van der Waals surface area contributed by atoms with E-state index >= 15 is 0 Å². The van der Waals surface area contributed by atoms with Gasteiger partial charge in [-0.15, -0.1) is 0 Å². The van der Waals surface area contributed by atoms with Gasteiger partial charge in [0.25, 0.3) is 0 Å². The molecule has 2 aromatic rings. The van der Waals surface area contributed by atoms with Gasteiger partial charge in [-0.2, -0.15) is 0 Å². The van der Waals surface area contributed by atoms with Crippen LogP contribution in [0.25, 0.3) is 0 Å². The molecule has 0 saturated carbocycles. The Balaban J connectivity index is 2.31. The molecule has 0 saturated heterocycles. The zero-order chi connectivity index (χ0) is 18.4. The molecule has 6 nitrogen and oxygen atoms in total. The third-order valence-electron chi connectivity index (χ3n) is 3.26. The molecule has 0 spiro atoms. The fraction of sp³-hybridized carbons (Fsp3) is 0.118. The second-order valence-corrected chi connectivity index (χ2v) is 5.39. The number of benzene rings is 2. The molecule has 8 heteroatoms. The molecule has 0 bridgehead atoms. The Morgan fingerprint density at radius 3 is 1.40 bits per heavy atom. The highest BCUT2D eigenvalue weighted by Crippen LogP contribution is 2.29. The molecule has 0 N–H and O–H groups in total. The van der Waals surface area contributed by atoms with E-state index in [0.717, 1.165) is 0 Å². The average molecular weight is 383 g/mol. The van der Waals surface area contributed by atoms with Gasteiger partial charge in [-0.25, -0.2) is 9.59 Å². The maximum absolute atomic E-state index is 12.2. The smallest absolute Gasteiger partial charge is 0.409 e. The zero-order valence-corrected chi connectivity index (χ0v) is 14.4. The maximum atomic E-state index is 12.2. The lowest BCUT2D eigenvalue weighted by Crippen LogP contribution is -2.15. The first-order chi connectivity index (χ1) is 11.9. The van der Waals surface area contributed by atoms with Crippen molar-refractivity contribution in [1.82, 2.24) is 0 Å². The van der Waals surface area contributed by atoms with Crippen LogP contribution in [0.15, 0.2) is 48.5 Å². The summed E-state index contributed by atoms with van der Waals surface area (Å²) in [7, 11) is 1.28. The van der Waals surface area contributed by atoms with Crippen molar-refractivity contribution >= 4 is 40.0 Å². The number of carbonyl (C=O) groups excluding carboxylic acids is 3. The quantitative estimate of drug-likeness (QED) is 0.560. The van der Waals surface area contributed by atoms with Gasteiger partial charge in [-0.3, -0.25) is 4.79 Å². The molecule has 25 heavy (non-hydrogen) atoms. The van der Waals surface area contributed by atoms with Crippen molar-refractivity contribution in [1.29, 1.82) is 0 Å². The summed E-state index contributed by atoms with van der Waals surface area (Å²) in [6.45, 7) is 0. The van der Waals surface area contributed by atoms with Gasteiger partial charge in [0, 0.05) is 23.2 Å². The second kappa shape index (κ2) is 8.50. The van der Waals surface area contributed by atoms with Gasteiger partial charge >= 0.3 is 16.8 Å². The lowest BCUT2D eigenvalue weighted by Gasteiger charge is -2.16. The molecule has 0 aliphatic rings. The Hall–Kier alpha value is -2.57. The van der Waals surface area contributed by atoms with Crippen LogP contribution in [0.2, 0.25) is 0 Å². The van der Waals surface area contributed by atoms with Crippen LogP contribution in [0.1, 0.15) is 17.0 Å². The van der Waals surface area contributed by atoms with E-state index in [1.807, 2.05) is 0 Å². The fourth-order valence-corrected chi connectivity index (χ4v) is 2.40. The first-order valence-electron chi connectivity index (χ1n) is 6.93. The Labute approximate surface area is 153 Å². The van der Waals surface area contributed by atoms with Crippen molar-refractivity contribution in [2.75, 3.05) is 7.11 Å². The third-order valence-corrected chi connectivity index (χ3v) is 3.41. The minimum absolute atomic E-state index is 0.247. The van der Waals surface area contributed by atoms with Gasteiger partial charge in [0.05, 0.1) is 7.11 Å². The van der Waals surface area contributed by atoms with E-state index in [1.165, 1.54) is 31.4 Å². The standard InChI is InChI=1S/C17H12Cl2O6/c1-23-15(20)14(10-2-6-12(7-3-10)24-16(18)21)11-4-8-13(9-5-11)25-17(19)22/h2-9,14H,1H3. The molecule has 130 valence electrons. The predicted octanol–water partition coefficient (Wildman–Crippen LogP) is 4.47. The largest absolute Gasteiger partial charge is 0.468 e. The van der Waals surface area contributed by atoms with Gasteiger partial charge in [-0.05, 0) is 35.4 Å². The summed E-state index contributed by atoms with van der Waals surface area (Å²) in [6.07, 6.45) is 0. The van der Waals surface area contributed by atoms with Gasteiger partial charge < -0.3 is 14.2 Å². The topological polar surface area (TPSA) is 78.9 Å². The summed E-state index contributed by atoms with van der Waals surface area (Å²) in [5.74, 6) is -0.704. The van der Waals surface area contributed by atoms with Gasteiger partial charge in [0.15, 0.2) is 0 Å². The van der Waals surface area contributed by atoms with E-state index < -0.39 is 22.7 Å². The minimum atomic E-state index is -0.957. The number of halogens is 2. The molecule has 0 amide bonds. The van der Waals surface area contributed by atoms with E-state index in [9.17, 15) is 14.4 Å². The van der Waals surface area contributed by atoms with Crippen LogP contribution in [-0.2, 0) is 9.53 Å². The molecule has 0 aliphatic carbocycles. The molecule has 0 aliphatic heterocycles. The van der Waals surface area contributed by atoms with Crippen molar-refractivity contribution in [2.45, 2.75) is 5.92 Å². The summed E-state index contributed by atoms with van der Waals surface area (Å²) in [5.41, 5.74) is -0.685. The van der Waals surface area contributed by atoms with Crippen LogP contribution in [0, 0.1) is 0 Å². The normalized spacial score (nSPS) is 10.2. The van der Waals surface area contributed by atoms with Crippen molar-refractivity contribution in [2.24, 2.45) is 0 Å². The zero-order valence-electron chi connectivity index (χ0n) is 12.9. The van der Waals surface area contributed by atoms with E-state index in [0.29, 0.717) is 11.1 Å². The molecule has 0 heterocycles. The number of ether oxygens (including phenoxy) is 3. The Morgan fingerprint density at radius 1 is 0.760 bits per heavy atom. The fourth-order valence-electron chi connectivity index (χ4n) is 2.22. The number of methoxy groups -OCH3 is 1. The van der Waals surface area contributed by atoms with Crippen molar-refractivity contribution in [3.63, 3.8) is 0 Å². The summed E-state index contributed by atoms with van der Waals surface area (Å²) < 4.78 is 14.3. The van der Waals surface area contributed by atoms with Crippen molar-refractivity contribution in [3.05, 3.63) is 59.7 Å². The molecule has 0 unspecified atom stereocenters. The summed E-state index contributed by atoms with van der Waals surface area (Å²) >= 11 is 10.3. The lowest BCUT2D eigenvalue weighted by molar-refractivity contribution is -0.141. The molecule has 0 fully saturated rings. The monoisotopic (exact) mass is 382 g/mol. The number of hydrogen-bond acceptors (Lipinski definition) is 6. The predicted molar refractivity (Wildman–Crippen MR) is 90.5 cm³/mol. The van der Waals surface area contributed by atoms with Crippen LogP contribution < -0.4 is 9.47 Å². The van der Waals surface area contributed by atoms with Crippen LogP contribution in [0.5, 0.6) is 11.5 Å². The maximum Gasteiger partial charge on any atom is 0.409 e. The third kappa shape index (κ3) is 5.20. The Bertz CT molecular complexity index is 711. The van der Waals surface area contributed by atoms with Gasteiger partial charge in [0.1, 0.15) is 17.4 Å². The minimum Gasteiger partial charge on any atom is -0.468 e. The highest BCUT2D eigenvalue weighted by Gasteiger charge is 2.24. The summed E-state index contributed by atoms with van der Waals surface area (Å²) in [5, 5.41) is 0. The van der Waals surface area contributed by atoms with Crippen LogP contribution in [-0.4, -0.2) is 23.9 Å². The van der Waals surface area contributed by atoms with Crippen molar-refractivity contribution < 1.29 is 28.6 Å². The first kappa shape index (κ1) is 18.8. The molecule has 0 aromatic heterocycles. The SMILES string of the molecule is COC(=O)C(c1ccc(OC(=O)Cl)cc1)c1ccc(OC(=O)Cl)cc1. The Kier molecular flexibility index (Phi) is 6.38. The van der Waals surface area contributed by atoms with E-state index in [1.54, 1.807) is 24.3 Å². The second-order valence-electron chi connectivity index (χ2n) is 4.77. The summed E-state index contributed by atoms with van der Waals surface area (Å²) in [6, 6.07) is 12.5. The molecule has 2 aromatic carbocycles. The number of rotatable bonds is 5. The highest BCUT2D eigenvalue weighted by atomic mass is 35.5. The molecule has 0 radical (unpaired) electrons. The van der Waals surface area contributed by atoms with Gasteiger partial charge in [-0.1, -0.05) is 24.3 Å². The number of esters is 1. The molecular formula is C17H12Cl2O6. The number of hydrogen-bond donors (Lipinski definition) is 0. The van der Waals surface area contributed by atoms with Gasteiger partial charge in [0.2, 0.25) is 0 Å². The van der Waals surface area contributed by atoms with E-state index in [4.69, 9.17) is 37.4 Å². The van der Waals surface area contributed by atoms with Crippen LogP contribution in [0.3, 0.4) is 0 Å². The Morgan fingerprint density at radius 2 is 1.12 bits per heavy atom. The molecular weight excluding hydrogens is 371 g/mol. The number of carbonyl (C=O) groups is 3. The lowest BCUT2D eigenvalue weighted by atomic mass is 9.91. The first-order valence-corrected chi connectivity index (χ1v) is 7.68. The van der Waals surface area contributed by atoms with Crippen molar-refractivity contribution in [3.8, 4) is 11.5 Å². The average Bonchev–Trinajstić information content (AvgIpc) is 2.57.